The highest BCUT2D eigenvalue weighted by Gasteiger charge is 2.33. The van der Waals surface area contributed by atoms with Crippen LogP contribution in [0, 0.1) is 5.92 Å². The Hall–Kier alpha value is -1.06. The van der Waals surface area contributed by atoms with Gasteiger partial charge in [0.1, 0.15) is 6.04 Å². The summed E-state index contributed by atoms with van der Waals surface area (Å²) in [7, 11) is 0. The zero-order valence-corrected chi connectivity index (χ0v) is 8.21. The second-order valence-electron chi connectivity index (χ2n) is 4.16. The number of nitrogens with one attached hydrogen (secondary N) is 2. The molecule has 0 aromatic carbocycles. The first kappa shape index (κ1) is 9.49. The van der Waals surface area contributed by atoms with Crippen LogP contribution < -0.4 is 10.6 Å². The molecule has 0 bridgehead atoms. The van der Waals surface area contributed by atoms with Crippen molar-refractivity contribution in [2.75, 3.05) is 6.54 Å². The zero-order valence-electron chi connectivity index (χ0n) is 8.21. The standard InChI is InChI=1S/C10H16N2O2/c13-8-6-11-10(14)9(12-8)7-4-2-1-3-5-7/h7,9H,1-6H2,(H,11,14)(H,12,13)/t9-/m0/s1. The summed E-state index contributed by atoms with van der Waals surface area (Å²) in [5.74, 6) is 0.296. The van der Waals surface area contributed by atoms with E-state index in [9.17, 15) is 9.59 Å². The molecule has 1 saturated heterocycles. The van der Waals surface area contributed by atoms with Crippen LogP contribution in [0.2, 0.25) is 0 Å². The van der Waals surface area contributed by atoms with Gasteiger partial charge < -0.3 is 10.6 Å². The maximum Gasteiger partial charge on any atom is 0.243 e. The summed E-state index contributed by atoms with van der Waals surface area (Å²) in [6, 6.07) is -0.267. The molecule has 4 nitrogen and oxygen atoms in total. The van der Waals surface area contributed by atoms with Crippen LogP contribution in [0.25, 0.3) is 0 Å². The zero-order chi connectivity index (χ0) is 9.97. The van der Waals surface area contributed by atoms with E-state index >= 15 is 0 Å². The van der Waals surface area contributed by atoms with Crippen LogP contribution in [0.15, 0.2) is 0 Å². The van der Waals surface area contributed by atoms with Gasteiger partial charge >= 0.3 is 0 Å². The molecule has 1 saturated carbocycles. The van der Waals surface area contributed by atoms with Crippen LogP contribution in [0.3, 0.4) is 0 Å². The molecule has 0 unspecified atom stereocenters. The van der Waals surface area contributed by atoms with E-state index in [1.807, 2.05) is 0 Å². The Morgan fingerprint density at radius 3 is 2.50 bits per heavy atom. The van der Waals surface area contributed by atoms with E-state index < -0.39 is 0 Å². The van der Waals surface area contributed by atoms with Gasteiger partial charge in [-0.1, -0.05) is 19.3 Å². The number of carbonyl (C=O) groups is 2. The first-order valence-electron chi connectivity index (χ1n) is 5.34. The lowest BCUT2D eigenvalue weighted by atomic mass is 9.83. The highest BCUT2D eigenvalue weighted by atomic mass is 16.2. The van der Waals surface area contributed by atoms with Crippen LogP contribution in [-0.4, -0.2) is 24.4 Å². The Kier molecular flexibility index (Phi) is 2.70. The number of piperazine rings is 1. The molecule has 0 radical (unpaired) electrons. The molecule has 1 atom stereocenters. The summed E-state index contributed by atoms with van der Waals surface area (Å²) in [6.45, 7) is 0.141. The van der Waals surface area contributed by atoms with Gasteiger partial charge in [0.05, 0.1) is 6.54 Å². The van der Waals surface area contributed by atoms with Crippen molar-refractivity contribution in [2.45, 2.75) is 38.1 Å². The number of carbonyl (C=O) groups excluding carboxylic acids is 2. The summed E-state index contributed by atoms with van der Waals surface area (Å²) in [5, 5.41) is 5.41. The molecular weight excluding hydrogens is 180 g/mol. The van der Waals surface area contributed by atoms with E-state index in [-0.39, 0.29) is 24.4 Å². The summed E-state index contributed by atoms with van der Waals surface area (Å²) < 4.78 is 0. The van der Waals surface area contributed by atoms with Gasteiger partial charge in [-0.25, -0.2) is 0 Å². The van der Waals surface area contributed by atoms with E-state index in [2.05, 4.69) is 10.6 Å². The van der Waals surface area contributed by atoms with Gasteiger partial charge in [-0.3, -0.25) is 9.59 Å². The summed E-state index contributed by atoms with van der Waals surface area (Å²) in [5.41, 5.74) is 0. The highest BCUT2D eigenvalue weighted by molar-refractivity contribution is 5.94. The molecule has 4 heteroatoms. The number of amides is 2. The fourth-order valence-electron chi connectivity index (χ4n) is 2.37. The van der Waals surface area contributed by atoms with Crippen molar-refractivity contribution >= 4 is 11.8 Å². The summed E-state index contributed by atoms with van der Waals surface area (Å²) >= 11 is 0. The smallest absolute Gasteiger partial charge is 0.243 e. The normalized spacial score (nSPS) is 29.6. The average molecular weight is 196 g/mol. The highest BCUT2D eigenvalue weighted by Crippen LogP contribution is 2.27. The third-order valence-electron chi connectivity index (χ3n) is 3.14. The summed E-state index contributed by atoms with van der Waals surface area (Å²) in [6.07, 6.45) is 5.77. The van der Waals surface area contributed by atoms with Crippen LogP contribution >= 0.6 is 0 Å². The van der Waals surface area contributed by atoms with Gasteiger partial charge in [-0.2, -0.15) is 0 Å². The Morgan fingerprint density at radius 2 is 1.79 bits per heavy atom. The molecule has 0 aromatic rings. The van der Waals surface area contributed by atoms with E-state index in [0.29, 0.717) is 5.92 Å². The lowest BCUT2D eigenvalue weighted by Crippen LogP contribution is -2.59. The molecule has 2 rings (SSSR count). The van der Waals surface area contributed by atoms with Gasteiger partial charge in [0, 0.05) is 0 Å². The molecule has 2 N–H and O–H groups in total. The summed E-state index contributed by atoms with van der Waals surface area (Å²) in [4.78, 5) is 22.6. The Bertz CT molecular complexity index is 247. The maximum atomic E-state index is 11.5. The van der Waals surface area contributed by atoms with Crippen molar-refractivity contribution in [1.82, 2.24) is 10.6 Å². The van der Waals surface area contributed by atoms with Gasteiger partial charge in [-0.15, -0.1) is 0 Å². The predicted molar refractivity (Wildman–Crippen MR) is 51.5 cm³/mol. The quantitative estimate of drug-likeness (QED) is 0.628. The minimum Gasteiger partial charge on any atom is -0.345 e. The molecule has 14 heavy (non-hydrogen) atoms. The molecule has 2 fully saturated rings. The Morgan fingerprint density at radius 1 is 1.07 bits per heavy atom. The fourth-order valence-corrected chi connectivity index (χ4v) is 2.37. The number of rotatable bonds is 1. The molecular formula is C10H16N2O2. The first-order valence-corrected chi connectivity index (χ1v) is 5.34. The van der Waals surface area contributed by atoms with E-state index in [4.69, 9.17) is 0 Å². The third-order valence-corrected chi connectivity index (χ3v) is 3.14. The van der Waals surface area contributed by atoms with Crippen LogP contribution in [0.1, 0.15) is 32.1 Å². The first-order chi connectivity index (χ1) is 6.77. The van der Waals surface area contributed by atoms with Crippen molar-refractivity contribution in [1.29, 1.82) is 0 Å². The largest absolute Gasteiger partial charge is 0.345 e. The van der Waals surface area contributed by atoms with E-state index in [0.717, 1.165) is 12.8 Å². The second kappa shape index (κ2) is 3.98. The van der Waals surface area contributed by atoms with Crippen molar-refractivity contribution < 1.29 is 9.59 Å². The van der Waals surface area contributed by atoms with Gasteiger partial charge in [0.25, 0.3) is 0 Å². The van der Waals surface area contributed by atoms with Crippen molar-refractivity contribution in [2.24, 2.45) is 5.92 Å². The molecule has 1 aliphatic heterocycles. The topological polar surface area (TPSA) is 58.2 Å². The minimum atomic E-state index is -0.267. The third kappa shape index (κ3) is 1.89. The van der Waals surface area contributed by atoms with Crippen LogP contribution in [0.5, 0.6) is 0 Å². The Labute approximate surface area is 83.4 Å². The van der Waals surface area contributed by atoms with E-state index in [1.54, 1.807) is 0 Å². The molecule has 0 spiro atoms. The van der Waals surface area contributed by atoms with Gasteiger partial charge in [-0.05, 0) is 18.8 Å². The lowest BCUT2D eigenvalue weighted by molar-refractivity contribution is -0.135. The monoisotopic (exact) mass is 196 g/mol. The molecule has 2 amide bonds. The minimum absolute atomic E-state index is 0.00324. The lowest BCUT2D eigenvalue weighted by Gasteiger charge is -2.32. The van der Waals surface area contributed by atoms with Gasteiger partial charge in [0.2, 0.25) is 11.8 Å². The molecule has 2 aliphatic rings. The molecule has 78 valence electrons. The van der Waals surface area contributed by atoms with E-state index in [1.165, 1.54) is 19.3 Å². The molecule has 1 heterocycles. The van der Waals surface area contributed by atoms with Crippen molar-refractivity contribution in [3.8, 4) is 0 Å². The average Bonchev–Trinajstić information content (AvgIpc) is 2.23. The fraction of sp³-hybridized carbons (Fsp3) is 0.800. The Balaban J connectivity index is 1.99. The predicted octanol–water partition coefficient (Wildman–Crippen LogP) is 0.181. The van der Waals surface area contributed by atoms with Crippen molar-refractivity contribution in [3.63, 3.8) is 0 Å². The van der Waals surface area contributed by atoms with Crippen LogP contribution in [-0.2, 0) is 9.59 Å². The number of hydrogen-bond acceptors (Lipinski definition) is 2. The van der Waals surface area contributed by atoms with Crippen LogP contribution in [0.4, 0.5) is 0 Å². The molecule has 1 aliphatic carbocycles. The molecule has 0 aromatic heterocycles. The SMILES string of the molecule is O=C1CNC(=O)[C@H](C2CCCCC2)N1. The maximum absolute atomic E-state index is 11.5. The number of hydrogen-bond donors (Lipinski definition) is 2. The van der Waals surface area contributed by atoms with Crippen molar-refractivity contribution in [3.05, 3.63) is 0 Å². The van der Waals surface area contributed by atoms with Gasteiger partial charge in [0.15, 0.2) is 0 Å². The second-order valence-corrected chi connectivity index (χ2v) is 4.16.